The summed E-state index contributed by atoms with van der Waals surface area (Å²) in [6.07, 6.45) is -5.52. The van der Waals surface area contributed by atoms with Crippen LogP contribution in [0.5, 0.6) is 0 Å². The van der Waals surface area contributed by atoms with Gasteiger partial charge in [-0.05, 0) is 0 Å². The van der Waals surface area contributed by atoms with Gasteiger partial charge in [-0.25, -0.2) is 13.8 Å². The van der Waals surface area contributed by atoms with Crippen LogP contribution in [0.3, 0.4) is 0 Å². The van der Waals surface area contributed by atoms with Gasteiger partial charge in [0.05, 0.1) is 11.4 Å². The molecule has 2 rings (SSSR count). The number of halogens is 2. The summed E-state index contributed by atoms with van der Waals surface area (Å²) in [6, 6.07) is -0.499. The molecule has 0 bridgehead atoms. The van der Waals surface area contributed by atoms with E-state index >= 15 is 0 Å². The van der Waals surface area contributed by atoms with Crippen LogP contribution in [-0.2, 0) is 4.74 Å². The predicted octanol–water partition coefficient (Wildman–Crippen LogP) is -0.611. The van der Waals surface area contributed by atoms with Gasteiger partial charge in [0.2, 0.25) is 0 Å². The number of rotatable bonds is 1. The van der Waals surface area contributed by atoms with Crippen molar-refractivity contribution in [1.82, 2.24) is 5.32 Å². The molecule has 0 aromatic heterocycles. The van der Waals surface area contributed by atoms with Gasteiger partial charge in [-0.15, -0.1) is 11.8 Å². The smallest absolute Gasteiger partial charge is 0.286 e. The van der Waals surface area contributed by atoms with Gasteiger partial charge in [-0.2, -0.15) is 0 Å². The molecule has 8 heteroatoms. The van der Waals surface area contributed by atoms with Crippen molar-refractivity contribution < 1.29 is 23.7 Å². The quantitative estimate of drug-likeness (QED) is 0.582. The third-order valence-electron chi connectivity index (χ3n) is 2.56. The standard InChI is InChI=1S/C8H12F2N2O3S/c1-11-8-12-2-3(13)4(14)5(6(9)10)16-7(2)15-8/h2-7,13-14H,1H3,(H,11,12)/t2-,3-,4+,5+,7+/m1/s1. The Morgan fingerprint density at radius 3 is 2.69 bits per heavy atom. The van der Waals surface area contributed by atoms with Gasteiger partial charge in [0.25, 0.3) is 12.4 Å². The van der Waals surface area contributed by atoms with Crippen LogP contribution in [0.25, 0.3) is 0 Å². The molecule has 92 valence electrons. The summed E-state index contributed by atoms with van der Waals surface area (Å²) in [5, 5.41) is 20.5. The predicted molar refractivity (Wildman–Crippen MR) is 54.6 cm³/mol. The SMILES string of the molecule is CNC1=N[C@@H]2[C@@H](O)[C@H](O)[C@@H](C(F)F)S[C@@H]2O1. The number of fused-ring (bicyclic) bond motifs is 1. The van der Waals surface area contributed by atoms with E-state index in [4.69, 9.17) is 4.74 Å². The van der Waals surface area contributed by atoms with Gasteiger partial charge in [0.15, 0.2) is 5.44 Å². The van der Waals surface area contributed by atoms with Crippen LogP contribution >= 0.6 is 11.8 Å². The molecule has 0 saturated carbocycles. The van der Waals surface area contributed by atoms with Gasteiger partial charge in [0.1, 0.15) is 12.1 Å². The van der Waals surface area contributed by atoms with Crippen molar-refractivity contribution >= 4 is 17.8 Å². The molecule has 0 aromatic rings. The lowest BCUT2D eigenvalue weighted by molar-refractivity contribution is -0.0386. The van der Waals surface area contributed by atoms with Gasteiger partial charge in [-0.1, -0.05) is 0 Å². The molecule has 0 spiro atoms. The first-order valence-electron chi connectivity index (χ1n) is 4.76. The average molecular weight is 254 g/mol. The maximum Gasteiger partial charge on any atom is 0.286 e. The van der Waals surface area contributed by atoms with Crippen LogP contribution < -0.4 is 5.32 Å². The van der Waals surface area contributed by atoms with E-state index in [1.807, 2.05) is 0 Å². The minimum atomic E-state index is -2.71. The maximum atomic E-state index is 12.6. The van der Waals surface area contributed by atoms with Crippen LogP contribution in [0.4, 0.5) is 8.78 Å². The average Bonchev–Trinajstić information content (AvgIpc) is 2.66. The molecular weight excluding hydrogens is 242 g/mol. The van der Waals surface area contributed by atoms with E-state index in [1.54, 1.807) is 7.05 Å². The van der Waals surface area contributed by atoms with Gasteiger partial charge in [-0.3, -0.25) is 0 Å². The summed E-state index contributed by atoms with van der Waals surface area (Å²) in [4.78, 5) is 3.96. The molecule has 3 N–H and O–H groups in total. The van der Waals surface area contributed by atoms with Crippen molar-refractivity contribution in [2.45, 2.75) is 35.4 Å². The third kappa shape index (κ3) is 1.85. The fourth-order valence-electron chi connectivity index (χ4n) is 1.72. The number of hydrogen-bond acceptors (Lipinski definition) is 6. The Morgan fingerprint density at radius 1 is 1.44 bits per heavy atom. The fraction of sp³-hybridized carbons (Fsp3) is 0.875. The molecule has 5 nitrogen and oxygen atoms in total. The summed E-state index contributed by atoms with van der Waals surface area (Å²) in [7, 11) is 1.58. The number of aliphatic hydroxyl groups is 2. The number of alkyl halides is 2. The number of hydrogen-bond donors (Lipinski definition) is 3. The van der Waals surface area contributed by atoms with E-state index in [0.29, 0.717) is 0 Å². The van der Waals surface area contributed by atoms with Crippen LogP contribution in [0.1, 0.15) is 0 Å². The zero-order chi connectivity index (χ0) is 11.9. The van der Waals surface area contributed by atoms with Crippen molar-refractivity contribution in [2.75, 3.05) is 7.05 Å². The lowest BCUT2D eigenvalue weighted by Crippen LogP contribution is -2.53. The fourth-order valence-corrected chi connectivity index (χ4v) is 3.00. The zero-order valence-electron chi connectivity index (χ0n) is 8.38. The molecular formula is C8H12F2N2O3S. The van der Waals surface area contributed by atoms with Crippen molar-refractivity contribution in [1.29, 1.82) is 0 Å². The molecule has 0 radical (unpaired) electrons. The van der Waals surface area contributed by atoms with Crippen LogP contribution in [-0.4, -0.2) is 58.6 Å². The summed E-state index contributed by atoms with van der Waals surface area (Å²) >= 11 is 0.804. The number of nitrogens with zero attached hydrogens (tertiary/aromatic N) is 1. The second-order valence-electron chi connectivity index (χ2n) is 3.58. The van der Waals surface area contributed by atoms with Gasteiger partial charge in [0, 0.05) is 7.05 Å². The van der Waals surface area contributed by atoms with Crippen molar-refractivity contribution in [3.05, 3.63) is 0 Å². The Bertz CT molecular complexity index is 305. The molecule has 2 aliphatic heterocycles. The Balaban J connectivity index is 2.14. The van der Waals surface area contributed by atoms with Gasteiger partial charge >= 0.3 is 0 Å². The van der Waals surface area contributed by atoms with Crippen molar-refractivity contribution in [3.63, 3.8) is 0 Å². The number of thioether (sulfide) groups is 1. The third-order valence-corrected chi connectivity index (χ3v) is 4.01. The van der Waals surface area contributed by atoms with E-state index in [1.165, 1.54) is 0 Å². The minimum Gasteiger partial charge on any atom is -0.448 e. The Labute approximate surface area is 94.9 Å². The second kappa shape index (κ2) is 4.34. The van der Waals surface area contributed by atoms with Crippen LogP contribution in [0, 0.1) is 0 Å². The van der Waals surface area contributed by atoms with Crippen LogP contribution in [0.2, 0.25) is 0 Å². The van der Waals surface area contributed by atoms with E-state index in [0.717, 1.165) is 11.8 Å². The molecule has 0 aliphatic carbocycles. The molecule has 1 saturated heterocycles. The van der Waals surface area contributed by atoms with E-state index in [9.17, 15) is 19.0 Å². The lowest BCUT2D eigenvalue weighted by atomic mass is 10.0. The van der Waals surface area contributed by atoms with E-state index in [-0.39, 0.29) is 6.02 Å². The Hall–Kier alpha value is -0.600. The van der Waals surface area contributed by atoms with Crippen molar-refractivity contribution in [2.24, 2.45) is 4.99 Å². The molecule has 1 fully saturated rings. The molecule has 16 heavy (non-hydrogen) atoms. The molecule has 0 amide bonds. The normalized spacial score (nSPS) is 42.6. The first kappa shape index (κ1) is 11.9. The molecule has 0 aromatic carbocycles. The highest BCUT2D eigenvalue weighted by molar-refractivity contribution is 8.00. The Morgan fingerprint density at radius 2 is 2.12 bits per heavy atom. The molecule has 5 atom stereocenters. The van der Waals surface area contributed by atoms with E-state index < -0.39 is 35.4 Å². The largest absolute Gasteiger partial charge is 0.448 e. The molecule has 0 unspecified atom stereocenters. The Kier molecular flexibility index (Phi) is 3.22. The number of aliphatic imine (C=N–C) groups is 1. The first-order valence-corrected chi connectivity index (χ1v) is 5.71. The number of nitrogens with one attached hydrogen (secondary N) is 1. The molecule has 2 heterocycles. The lowest BCUT2D eigenvalue weighted by Gasteiger charge is -2.36. The highest BCUT2D eigenvalue weighted by atomic mass is 32.2. The summed E-state index contributed by atoms with van der Waals surface area (Å²) in [5.74, 6) is 0. The first-order chi connectivity index (χ1) is 7.54. The second-order valence-corrected chi connectivity index (χ2v) is 4.86. The number of ether oxygens (including phenoxy) is 1. The highest BCUT2D eigenvalue weighted by Gasteiger charge is 2.51. The summed E-state index contributed by atoms with van der Waals surface area (Å²) < 4.78 is 30.4. The molecule has 2 aliphatic rings. The van der Waals surface area contributed by atoms with Crippen molar-refractivity contribution in [3.8, 4) is 0 Å². The number of amidine groups is 1. The van der Waals surface area contributed by atoms with E-state index in [2.05, 4.69) is 10.3 Å². The zero-order valence-corrected chi connectivity index (χ0v) is 9.19. The highest BCUT2D eigenvalue weighted by Crippen LogP contribution is 2.40. The minimum absolute atomic E-state index is 0.198. The summed E-state index contributed by atoms with van der Waals surface area (Å²) in [5.41, 5.74) is -0.667. The topological polar surface area (TPSA) is 74.1 Å². The van der Waals surface area contributed by atoms with Gasteiger partial charge < -0.3 is 20.3 Å². The van der Waals surface area contributed by atoms with Crippen LogP contribution in [0.15, 0.2) is 4.99 Å². The summed E-state index contributed by atoms with van der Waals surface area (Å²) in [6.45, 7) is 0. The maximum absolute atomic E-state index is 12.6. The number of aliphatic hydroxyl groups excluding tert-OH is 2. The monoisotopic (exact) mass is 254 g/mol.